The number of nitrogens with one attached hydrogen (secondary N) is 2. The van der Waals surface area contributed by atoms with Crippen molar-refractivity contribution in [3.63, 3.8) is 0 Å². The number of halogens is 1. The zero-order chi connectivity index (χ0) is 14.7. The Morgan fingerprint density at radius 3 is 2.14 bits per heavy atom. The normalized spacial score (nSPS) is 9.67. The Kier molecular flexibility index (Phi) is 6.04. The van der Waals surface area contributed by atoms with Crippen LogP contribution in [-0.4, -0.2) is 16.7 Å². The minimum atomic E-state index is -0.104. The van der Waals surface area contributed by atoms with Gasteiger partial charge in [0.2, 0.25) is 5.91 Å². The van der Waals surface area contributed by atoms with Gasteiger partial charge >= 0.3 is 0 Å². The zero-order valence-corrected chi connectivity index (χ0v) is 14.4. The molecule has 2 aromatic rings. The third-order valence-corrected chi connectivity index (χ3v) is 3.75. The summed E-state index contributed by atoms with van der Waals surface area (Å²) >= 11 is 1.34. The lowest BCUT2D eigenvalue weighted by atomic mass is 10.3. The van der Waals surface area contributed by atoms with Crippen LogP contribution in [-0.2, 0) is 4.79 Å². The van der Waals surface area contributed by atoms with Gasteiger partial charge < -0.3 is 10.6 Å². The fourth-order valence-electron chi connectivity index (χ4n) is 1.74. The number of carbonyl (C=O) groups excluding carboxylic acids is 2. The van der Waals surface area contributed by atoms with Crippen LogP contribution in [0.25, 0.3) is 0 Å². The van der Waals surface area contributed by atoms with Crippen molar-refractivity contribution in [2.45, 2.75) is 20.8 Å². The van der Waals surface area contributed by atoms with E-state index in [9.17, 15) is 9.59 Å². The van der Waals surface area contributed by atoms with Crippen LogP contribution in [0.3, 0.4) is 0 Å². The first-order chi connectivity index (χ1) is 9.45. The Morgan fingerprint density at radius 1 is 1.10 bits per heavy atom. The zero-order valence-electron chi connectivity index (χ0n) is 11.9. The number of nitrogens with zero attached hydrogens (tertiary/aromatic N) is 1. The van der Waals surface area contributed by atoms with E-state index in [1.54, 1.807) is 12.1 Å². The van der Waals surface area contributed by atoms with Crippen molar-refractivity contribution in [1.82, 2.24) is 4.98 Å². The molecule has 2 N–H and O–H groups in total. The largest absolute Gasteiger partial charge is 0.332 e. The van der Waals surface area contributed by atoms with Gasteiger partial charge in [-0.05, 0) is 31.2 Å². The SMILES string of the molecule is Br.CC(=O)Nc1ccc(Nc2nc(C)c(C(C)=O)s2)cc1. The molecule has 21 heavy (non-hydrogen) atoms. The van der Waals surface area contributed by atoms with Gasteiger partial charge in [-0.2, -0.15) is 0 Å². The fraction of sp³-hybridized carbons (Fsp3) is 0.214. The first kappa shape index (κ1) is 17.3. The second-order valence-corrected chi connectivity index (χ2v) is 5.37. The number of aromatic nitrogens is 1. The molecule has 0 aliphatic heterocycles. The predicted octanol–water partition coefficient (Wildman–Crippen LogP) is 3.93. The molecule has 0 aliphatic rings. The summed E-state index contributed by atoms with van der Waals surface area (Å²) in [6, 6.07) is 7.29. The molecule has 1 heterocycles. The number of rotatable bonds is 4. The van der Waals surface area contributed by atoms with Crippen LogP contribution in [0.4, 0.5) is 16.5 Å². The Labute approximate surface area is 137 Å². The van der Waals surface area contributed by atoms with Gasteiger partial charge in [-0.15, -0.1) is 17.0 Å². The van der Waals surface area contributed by atoms with Crippen LogP contribution < -0.4 is 10.6 Å². The molecule has 0 fully saturated rings. The lowest BCUT2D eigenvalue weighted by Gasteiger charge is -2.05. The number of ketones is 1. The van der Waals surface area contributed by atoms with E-state index in [1.807, 2.05) is 19.1 Å². The predicted molar refractivity (Wildman–Crippen MR) is 91.2 cm³/mol. The Bertz CT molecular complexity index is 653. The van der Waals surface area contributed by atoms with Gasteiger partial charge in [-0.1, -0.05) is 11.3 Å². The second-order valence-electron chi connectivity index (χ2n) is 4.37. The number of carbonyl (C=O) groups is 2. The number of thiazole rings is 1. The highest BCUT2D eigenvalue weighted by Gasteiger charge is 2.11. The molecule has 0 bridgehead atoms. The van der Waals surface area contributed by atoms with Gasteiger partial charge in [0.1, 0.15) is 0 Å². The lowest BCUT2D eigenvalue weighted by Crippen LogP contribution is -2.05. The molecule has 1 aromatic carbocycles. The first-order valence-electron chi connectivity index (χ1n) is 6.09. The van der Waals surface area contributed by atoms with Gasteiger partial charge in [0.05, 0.1) is 10.6 Å². The highest BCUT2D eigenvalue weighted by Crippen LogP contribution is 2.26. The average molecular weight is 370 g/mol. The molecule has 0 saturated carbocycles. The third-order valence-electron chi connectivity index (χ3n) is 2.57. The summed E-state index contributed by atoms with van der Waals surface area (Å²) in [6.07, 6.45) is 0. The molecule has 0 saturated heterocycles. The summed E-state index contributed by atoms with van der Waals surface area (Å²) in [4.78, 5) is 27.3. The molecule has 0 spiro atoms. The average Bonchev–Trinajstić information content (AvgIpc) is 2.72. The van der Waals surface area contributed by atoms with E-state index in [0.29, 0.717) is 10.0 Å². The second kappa shape index (κ2) is 7.33. The molecule has 112 valence electrons. The highest BCUT2D eigenvalue weighted by atomic mass is 79.9. The summed E-state index contributed by atoms with van der Waals surface area (Å²) in [5, 5.41) is 6.52. The van der Waals surface area contributed by atoms with Gasteiger partial charge in [0.15, 0.2) is 10.9 Å². The van der Waals surface area contributed by atoms with E-state index in [2.05, 4.69) is 15.6 Å². The molecular formula is C14H16BrN3O2S. The summed E-state index contributed by atoms with van der Waals surface area (Å²) in [5.41, 5.74) is 2.32. The van der Waals surface area contributed by atoms with Crippen LogP contribution in [0.1, 0.15) is 29.2 Å². The monoisotopic (exact) mass is 369 g/mol. The Hall–Kier alpha value is -1.73. The third kappa shape index (κ3) is 4.64. The molecule has 1 aromatic heterocycles. The summed E-state index contributed by atoms with van der Waals surface area (Å²) in [5.74, 6) is -0.0820. The number of benzene rings is 1. The molecule has 0 unspecified atom stereocenters. The van der Waals surface area contributed by atoms with Crippen LogP contribution in [0.15, 0.2) is 24.3 Å². The van der Waals surface area contributed by atoms with E-state index in [0.717, 1.165) is 17.1 Å². The van der Waals surface area contributed by atoms with Gasteiger partial charge in [-0.3, -0.25) is 9.59 Å². The number of aryl methyl sites for hydroxylation is 1. The van der Waals surface area contributed by atoms with Crippen molar-refractivity contribution >= 4 is 56.5 Å². The molecule has 0 radical (unpaired) electrons. The van der Waals surface area contributed by atoms with Crippen LogP contribution >= 0.6 is 28.3 Å². The molecule has 1 amide bonds. The molecule has 2 rings (SSSR count). The van der Waals surface area contributed by atoms with Crippen molar-refractivity contribution in [2.24, 2.45) is 0 Å². The van der Waals surface area contributed by atoms with Gasteiger partial charge in [0, 0.05) is 25.2 Å². The van der Waals surface area contributed by atoms with E-state index >= 15 is 0 Å². The van der Waals surface area contributed by atoms with Crippen LogP contribution in [0, 0.1) is 6.92 Å². The summed E-state index contributed by atoms with van der Waals surface area (Å²) in [6.45, 7) is 4.82. The maximum Gasteiger partial charge on any atom is 0.221 e. The highest BCUT2D eigenvalue weighted by molar-refractivity contribution is 8.93. The van der Waals surface area contributed by atoms with E-state index in [1.165, 1.54) is 25.2 Å². The van der Waals surface area contributed by atoms with E-state index in [4.69, 9.17) is 0 Å². The van der Waals surface area contributed by atoms with Gasteiger partial charge in [-0.25, -0.2) is 4.98 Å². The molecule has 0 aliphatic carbocycles. The first-order valence-corrected chi connectivity index (χ1v) is 6.90. The number of hydrogen-bond donors (Lipinski definition) is 2. The van der Waals surface area contributed by atoms with E-state index in [-0.39, 0.29) is 28.7 Å². The molecule has 7 heteroatoms. The summed E-state index contributed by atoms with van der Waals surface area (Å²) < 4.78 is 0. The number of amides is 1. The number of Topliss-reactive ketones (excluding diaryl/α,β-unsaturated/α-hetero) is 1. The van der Waals surface area contributed by atoms with Crippen LogP contribution in [0.2, 0.25) is 0 Å². The quantitative estimate of drug-likeness (QED) is 0.800. The van der Waals surface area contributed by atoms with Crippen molar-refractivity contribution in [2.75, 3.05) is 10.6 Å². The van der Waals surface area contributed by atoms with Crippen molar-refractivity contribution in [3.8, 4) is 0 Å². The minimum absolute atomic E-state index is 0. The smallest absolute Gasteiger partial charge is 0.221 e. The van der Waals surface area contributed by atoms with Gasteiger partial charge in [0.25, 0.3) is 0 Å². The number of anilines is 3. The maximum absolute atomic E-state index is 11.4. The standard InChI is InChI=1S/C14H15N3O2S.BrH/c1-8-13(9(2)18)20-14(15-8)17-12-6-4-11(5-7-12)16-10(3)19;/h4-7H,1-3H3,(H,15,17)(H,16,19);1H. The molecule has 0 atom stereocenters. The fourth-order valence-corrected chi connectivity index (χ4v) is 2.62. The van der Waals surface area contributed by atoms with E-state index < -0.39 is 0 Å². The molecular weight excluding hydrogens is 354 g/mol. The van der Waals surface area contributed by atoms with Crippen LogP contribution in [0.5, 0.6) is 0 Å². The maximum atomic E-state index is 11.4. The molecule has 5 nitrogen and oxygen atoms in total. The van der Waals surface area contributed by atoms with Crippen molar-refractivity contribution in [1.29, 1.82) is 0 Å². The summed E-state index contributed by atoms with van der Waals surface area (Å²) in [7, 11) is 0. The Balaban J connectivity index is 0.00000220. The minimum Gasteiger partial charge on any atom is -0.332 e. The number of hydrogen-bond acceptors (Lipinski definition) is 5. The van der Waals surface area contributed by atoms with Crippen molar-refractivity contribution in [3.05, 3.63) is 34.8 Å². The topological polar surface area (TPSA) is 71.1 Å². The van der Waals surface area contributed by atoms with Crippen molar-refractivity contribution < 1.29 is 9.59 Å². The lowest BCUT2D eigenvalue weighted by molar-refractivity contribution is -0.114. The Morgan fingerprint density at radius 2 is 1.67 bits per heavy atom.